The average molecular weight is 303 g/mol. The summed E-state index contributed by atoms with van der Waals surface area (Å²) in [5, 5.41) is 15.5. The van der Waals surface area contributed by atoms with Gasteiger partial charge in [-0.05, 0) is 43.3 Å². The van der Waals surface area contributed by atoms with Crippen molar-refractivity contribution in [2.45, 2.75) is 6.92 Å². The number of hydrogen-bond donors (Lipinski definition) is 1. The summed E-state index contributed by atoms with van der Waals surface area (Å²) in [6.07, 6.45) is 0. The van der Waals surface area contributed by atoms with Crippen LogP contribution >= 0.6 is 0 Å². The molecular weight excluding hydrogens is 290 g/mol. The monoisotopic (exact) mass is 303 g/mol. The summed E-state index contributed by atoms with van der Waals surface area (Å²) >= 11 is 0. The third-order valence-corrected chi connectivity index (χ3v) is 3.44. The molecule has 1 aromatic heterocycles. The minimum Gasteiger partial charge on any atom is -0.457 e. The van der Waals surface area contributed by atoms with Gasteiger partial charge in [-0.1, -0.05) is 18.2 Å². The Labute approximate surface area is 132 Å². The molecule has 5 heteroatoms. The van der Waals surface area contributed by atoms with E-state index in [9.17, 15) is 4.79 Å². The Morgan fingerprint density at radius 1 is 1.04 bits per heavy atom. The molecule has 5 nitrogen and oxygen atoms in total. The van der Waals surface area contributed by atoms with Gasteiger partial charge in [-0.15, -0.1) is 0 Å². The van der Waals surface area contributed by atoms with E-state index >= 15 is 0 Å². The van der Waals surface area contributed by atoms with Gasteiger partial charge < -0.3 is 4.74 Å². The van der Waals surface area contributed by atoms with Gasteiger partial charge in [0.05, 0.1) is 5.69 Å². The highest BCUT2D eigenvalue weighted by Crippen LogP contribution is 2.26. The second-order valence-electron chi connectivity index (χ2n) is 4.95. The number of aromatic amines is 1. The highest BCUT2D eigenvalue weighted by molar-refractivity contribution is 5.65. The third kappa shape index (κ3) is 2.97. The van der Waals surface area contributed by atoms with Crippen LogP contribution in [0.3, 0.4) is 0 Å². The van der Waals surface area contributed by atoms with Crippen molar-refractivity contribution in [1.82, 2.24) is 10.2 Å². The molecule has 2 aromatic carbocycles. The van der Waals surface area contributed by atoms with Crippen molar-refractivity contribution in [2.75, 3.05) is 0 Å². The number of ether oxygens (including phenoxy) is 1. The molecule has 0 aliphatic rings. The van der Waals surface area contributed by atoms with E-state index in [1.54, 1.807) is 6.92 Å². The van der Waals surface area contributed by atoms with Crippen molar-refractivity contribution < 1.29 is 4.74 Å². The lowest BCUT2D eigenvalue weighted by molar-refractivity contribution is 0.483. The van der Waals surface area contributed by atoms with Crippen molar-refractivity contribution in [3.8, 4) is 28.8 Å². The first-order chi connectivity index (χ1) is 11.2. The zero-order valence-electron chi connectivity index (χ0n) is 12.4. The van der Waals surface area contributed by atoms with Gasteiger partial charge in [0.2, 0.25) is 0 Å². The Morgan fingerprint density at radius 2 is 1.70 bits per heavy atom. The summed E-state index contributed by atoms with van der Waals surface area (Å²) in [4.78, 5) is 11.6. The molecule has 23 heavy (non-hydrogen) atoms. The largest absolute Gasteiger partial charge is 0.457 e. The summed E-state index contributed by atoms with van der Waals surface area (Å²) in [6, 6.07) is 18.7. The minimum atomic E-state index is -0.474. The van der Waals surface area contributed by atoms with Crippen LogP contribution in [0, 0.1) is 18.3 Å². The Balaban J connectivity index is 1.92. The fourth-order valence-electron chi connectivity index (χ4n) is 2.26. The van der Waals surface area contributed by atoms with Crippen molar-refractivity contribution >= 4 is 0 Å². The normalized spacial score (nSPS) is 10.1. The SMILES string of the molecule is Cc1c(-c2ccc(Oc3ccccc3)cc2)n[nH]c(=O)c1C#N. The summed E-state index contributed by atoms with van der Waals surface area (Å²) < 4.78 is 5.73. The maximum absolute atomic E-state index is 11.6. The van der Waals surface area contributed by atoms with Crippen molar-refractivity contribution in [3.05, 3.63) is 76.1 Å². The second kappa shape index (κ2) is 6.16. The van der Waals surface area contributed by atoms with Crippen molar-refractivity contribution in [3.63, 3.8) is 0 Å². The van der Waals surface area contributed by atoms with Gasteiger partial charge in [0.1, 0.15) is 23.1 Å². The molecule has 0 saturated heterocycles. The zero-order valence-corrected chi connectivity index (χ0v) is 12.4. The maximum Gasteiger partial charge on any atom is 0.282 e. The Kier molecular flexibility index (Phi) is 3.89. The highest BCUT2D eigenvalue weighted by atomic mass is 16.5. The summed E-state index contributed by atoms with van der Waals surface area (Å²) in [5.74, 6) is 1.45. The van der Waals surface area contributed by atoms with Crippen LogP contribution in [-0.2, 0) is 0 Å². The number of benzene rings is 2. The van der Waals surface area contributed by atoms with Crippen LogP contribution in [0.1, 0.15) is 11.1 Å². The van der Waals surface area contributed by atoms with Crippen LogP contribution in [0.15, 0.2) is 59.4 Å². The van der Waals surface area contributed by atoms with Gasteiger partial charge in [-0.3, -0.25) is 4.79 Å². The van der Waals surface area contributed by atoms with Crippen LogP contribution in [0.2, 0.25) is 0 Å². The average Bonchev–Trinajstić information content (AvgIpc) is 2.57. The smallest absolute Gasteiger partial charge is 0.282 e. The number of nitrogens with zero attached hydrogens (tertiary/aromatic N) is 2. The molecule has 0 unspecified atom stereocenters. The quantitative estimate of drug-likeness (QED) is 0.804. The lowest BCUT2D eigenvalue weighted by atomic mass is 10.0. The van der Waals surface area contributed by atoms with E-state index in [1.807, 2.05) is 60.7 Å². The number of hydrogen-bond acceptors (Lipinski definition) is 4. The number of rotatable bonds is 3. The molecule has 1 heterocycles. The van der Waals surface area contributed by atoms with Crippen LogP contribution in [0.25, 0.3) is 11.3 Å². The fourth-order valence-corrected chi connectivity index (χ4v) is 2.26. The van der Waals surface area contributed by atoms with Gasteiger partial charge in [0.15, 0.2) is 0 Å². The topological polar surface area (TPSA) is 78.8 Å². The number of H-pyrrole nitrogens is 1. The number of nitrogens with one attached hydrogen (secondary N) is 1. The molecule has 0 aliphatic heterocycles. The summed E-state index contributed by atoms with van der Waals surface area (Å²) in [6.45, 7) is 1.71. The molecule has 3 rings (SSSR count). The molecule has 0 bridgehead atoms. The summed E-state index contributed by atoms with van der Waals surface area (Å²) in [5.41, 5.74) is 1.55. The Morgan fingerprint density at radius 3 is 2.35 bits per heavy atom. The van der Waals surface area contributed by atoms with E-state index in [0.29, 0.717) is 17.0 Å². The van der Waals surface area contributed by atoms with Gasteiger partial charge >= 0.3 is 0 Å². The first kappa shape index (κ1) is 14.5. The maximum atomic E-state index is 11.6. The number of para-hydroxylation sites is 1. The predicted molar refractivity (Wildman–Crippen MR) is 86.3 cm³/mol. The number of aromatic nitrogens is 2. The molecule has 0 radical (unpaired) electrons. The standard InChI is InChI=1S/C18H13N3O2/c1-12-16(11-19)18(22)21-20-17(12)13-7-9-15(10-8-13)23-14-5-3-2-4-6-14/h2-10H,1H3,(H,21,22). The lowest BCUT2D eigenvalue weighted by Gasteiger charge is -2.08. The molecular formula is C18H13N3O2. The van der Waals surface area contributed by atoms with Gasteiger partial charge in [-0.25, -0.2) is 5.10 Å². The lowest BCUT2D eigenvalue weighted by Crippen LogP contribution is -2.15. The molecule has 0 amide bonds. The van der Waals surface area contributed by atoms with Crippen LogP contribution < -0.4 is 10.3 Å². The van der Waals surface area contributed by atoms with Gasteiger partial charge in [0, 0.05) is 11.1 Å². The minimum absolute atomic E-state index is 0.0830. The van der Waals surface area contributed by atoms with E-state index in [4.69, 9.17) is 10.00 Å². The van der Waals surface area contributed by atoms with Crippen LogP contribution in [-0.4, -0.2) is 10.2 Å². The number of nitriles is 1. The summed E-state index contributed by atoms with van der Waals surface area (Å²) in [7, 11) is 0. The van der Waals surface area contributed by atoms with Crippen LogP contribution in [0.5, 0.6) is 11.5 Å². The van der Waals surface area contributed by atoms with E-state index in [2.05, 4.69) is 10.2 Å². The first-order valence-corrected chi connectivity index (χ1v) is 7.02. The Hall–Kier alpha value is -3.39. The van der Waals surface area contributed by atoms with E-state index in [1.165, 1.54) is 0 Å². The van der Waals surface area contributed by atoms with Crippen molar-refractivity contribution in [1.29, 1.82) is 5.26 Å². The molecule has 3 aromatic rings. The molecule has 1 N–H and O–H groups in total. The molecule has 0 fully saturated rings. The molecule has 0 atom stereocenters. The van der Waals surface area contributed by atoms with Crippen molar-refractivity contribution in [2.24, 2.45) is 0 Å². The van der Waals surface area contributed by atoms with E-state index in [-0.39, 0.29) is 5.56 Å². The highest BCUT2D eigenvalue weighted by Gasteiger charge is 2.11. The fraction of sp³-hybridized carbons (Fsp3) is 0.0556. The molecule has 112 valence electrons. The molecule has 0 aliphatic carbocycles. The zero-order chi connectivity index (χ0) is 16.2. The van der Waals surface area contributed by atoms with E-state index < -0.39 is 5.56 Å². The predicted octanol–water partition coefficient (Wildman–Crippen LogP) is 3.41. The van der Waals surface area contributed by atoms with Gasteiger partial charge in [-0.2, -0.15) is 10.4 Å². The Bertz CT molecular complexity index is 923. The molecule has 0 saturated carbocycles. The van der Waals surface area contributed by atoms with Gasteiger partial charge in [0.25, 0.3) is 5.56 Å². The molecule has 0 spiro atoms. The van der Waals surface area contributed by atoms with Crippen LogP contribution in [0.4, 0.5) is 0 Å². The third-order valence-electron chi connectivity index (χ3n) is 3.44. The second-order valence-corrected chi connectivity index (χ2v) is 4.95. The first-order valence-electron chi connectivity index (χ1n) is 7.02. The van der Waals surface area contributed by atoms with E-state index in [0.717, 1.165) is 11.3 Å².